The van der Waals surface area contributed by atoms with Gasteiger partial charge in [-0.05, 0) is 35.4 Å². The van der Waals surface area contributed by atoms with Gasteiger partial charge in [-0.3, -0.25) is 0 Å². The monoisotopic (exact) mass is 232 g/mol. The van der Waals surface area contributed by atoms with Gasteiger partial charge in [0.2, 0.25) is 0 Å². The average molecular weight is 232 g/mol. The van der Waals surface area contributed by atoms with E-state index in [0.717, 1.165) is 18.4 Å². The quantitative estimate of drug-likeness (QED) is 0.878. The van der Waals surface area contributed by atoms with Crippen molar-refractivity contribution in [1.82, 2.24) is 0 Å². The van der Waals surface area contributed by atoms with Crippen molar-refractivity contribution in [3.8, 4) is 0 Å². The van der Waals surface area contributed by atoms with Crippen molar-refractivity contribution in [2.45, 2.75) is 12.8 Å². The fourth-order valence-corrected chi connectivity index (χ4v) is 2.34. The molecule has 2 rings (SSSR count). The zero-order valence-corrected chi connectivity index (χ0v) is 9.54. The molecule has 0 fully saturated rings. The van der Waals surface area contributed by atoms with Crippen LogP contribution in [0.1, 0.15) is 20.8 Å². The Morgan fingerprint density at radius 1 is 1.12 bits per heavy atom. The van der Waals surface area contributed by atoms with Crippen LogP contribution in [0.15, 0.2) is 41.8 Å². The number of rotatable bonds is 4. The number of aromatic carboxylic acids is 1. The number of carbonyl (C=O) groups is 1. The molecule has 2 nitrogen and oxygen atoms in total. The summed E-state index contributed by atoms with van der Waals surface area (Å²) in [6, 6.07) is 12.0. The van der Waals surface area contributed by atoms with Crippen molar-refractivity contribution in [2.24, 2.45) is 0 Å². The number of hydrogen-bond acceptors (Lipinski definition) is 2. The highest BCUT2D eigenvalue weighted by atomic mass is 32.1. The summed E-state index contributed by atoms with van der Waals surface area (Å²) in [6.45, 7) is 0. The highest BCUT2D eigenvalue weighted by Gasteiger charge is 2.06. The van der Waals surface area contributed by atoms with Gasteiger partial charge in [0.05, 0.1) is 0 Å². The summed E-state index contributed by atoms with van der Waals surface area (Å²) in [7, 11) is 0. The SMILES string of the molecule is O=C(O)c1cc(CCc2ccccc2)cs1. The molecule has 1 aromatic carbocycles. The zero-order chi connectivity index (χ0) is 11.4. The first-order valence-corrected chi connectivity index (χ1v) is 5.98. The highest BCUT2D eigenvalue weighted by molar-refractivity contribution is 7.12. The molecule has 0 aliphatic heterocycles. The first kappa shape index (κ1) is 10.9. The molecule has 1 aromatic heterocycles. The lowest BCUT2D eigenvalue weighted by molar-refractivity contribution is 0.0702. The molecule has 2 aromatic rings. The molecule has 0 atom stereocenters. The molecule has 1 heterocycles. The number of carboxylic acid groups (broad SMARTS) is 1. The molecule has 0 amide bonds. The molecule has 3 heteroatoms. The molecule has 82 valence electrons. The van der Waals surface area contributed by atoms with E-state index in [1.54, 1.807) is 6.07 Å². The minimum Gasteiger partial charge on any atom is -0.477 e. The van der Waals surface area contributed by atoms with Gasteiger partial charge in [0.25, 0.3) is 0 Å². The summed E-state index contributed by atoms with van der Waals surface area (Å²) in [4.78, 5) is 11.1. The number of hydrogen-bond donors (Lipinski definition) is 1. The van der Waals surface area contributed by atoms with Crippen LogP contribution in [0.25, 0.3) is 0 Å². The molecule has 0 radical (unpaired) electrons. The first-order valence-electron chi connectivity index (χ1n) is 5.10. The van der Waals surface area contributed by atoms with Crippen molar-refractivity contribution in [3.05, 3.63) is 57.8 Å². The van der Waals surface area contributed by atoms with Gasteiger partial charge in [0.15, 0.2) is 0 Å². The maximum atomic E-state index is 10.7. The van der Waals surface area contributed by atoms with Gasteiger partial charge >= 0.3 is 5.97 Å². The molecule has 0 saturated carbocycles. The lowest BCUT2D eigenvalue weighted by Crippen LogP contribution is -1.92. The third kappa shape index (κ3) is 2.70. The average Bonchev–Trinajstić information content (AvgIpc) is 2.76. The Labute approximate surface area is 98.2 Å². The van der Waals surface area contributed by atoms with E-state index in [9.17, 15) is 4.79 Å². The minimum atomic E-state index is -0.837. The Morgan fingerprint density at radius 2 is 1.81 bits per heavy atom. The molecule has 0 spiro atoms. The van der Waals surface area contributed by atoms with Gasteiger partial charge in [-0.1, -0.05) is 30.3 Å². The summed E-state index contributed by atoms with van der Waals surface area (Å²) < 4.78 is 0. The maximum Gasteiger partial charge on any atom is 0.345 e. The summed E-state index contributed by atoms with van der Waals surface area (Å²) in [5.74, 6) is -0.837. The van der Waals surface area contributed by atoms with Crippen LogP contribution in [0.2, 0.25) is 0 Å². The van der Waals surface area contributed by atoms with E-state index >= 15 is 0 Å². The van der Waals surface area contributed by atoms with E-state index in [2.05, 4.69) is 12.1 Å². The summed E-state index contributed by atoms with van der Waals surface area (Å²) >= 11 is 1.29. The fourth-order valence-electron chi connectivity index (χ4n) is 1.55. The van der Waals surface area contributed by atoms with Crippen molar-refractivity contribution >= 4 is 17.3 Å². The maximum absolute atomic E-state index is 10.7. The van der Waals surface area contributed by atoms with E-state index in [1.165, 1.54) is 16.9 Å². The van der Waals surface area contributed by atoms with Crippen LogP contribution in [0.3, 0.4) is 0 Å². The van der Waals surface area contributed by atoms with Crippen molar-refractivity contribution < 1.29 is 9.90 Å². The largest absolute Gasteiger partial charge is 0.477 e. The molecule has 16 heavy (non-hydrogen) atoms. The van der Waals surface area contributed by atoms with Crippen molar-refractivity contribution in [3.63, 3.8) is 0 Å². The van der Waals surface area contributed by atoms with Gasteiger partial charge in [0.1, 0.15) is 4.88 Å². The molecule has 1 N–H and O–H groups in total. The third-order valence-corrected chi connectivity index (χ3v) is 3.38. The van der Waals surface area contributed by atoms with Gasteiger partial charge in [-0.25, -0.2) is 4.79 Å². The summed E-state index contributed by atoms with van der Waals surface area (Å²) in [5, 5.41) is 10.7. The topological polar surface area (TPSA) is 37.3 Å². The highest BCUT2D eigenvalue weighted by Crippen LogP contribution is 2.16. The van der Waals surface area contributed by atoms with Crippen LogP contribution in [-0.2, 0) is 12.8 Å². The molecule has 0 bridgehead atoms. The van der Waals surface area contributed by atoms with Crippen molar-refractivity contribution in [2.75, 3.05) is 0 Å². The van der Waals surface area contributed by atoms with E-state index in [0.29, 0.717) is 4.88 Å². The van der Waals surface area contributed by atoms with Crippen molar-refractivity contribution in [1.29, 1.82) is 0 Å². The second kappa shape index (κ2) is 4.94. The molecular formula is C13H12O2S. The summed E-state index contributed by atoms with van der Waals surface area (Å²) in [6.07, 6.45) is 1.85. The zero-order valence-electron chi connectivity index (χ0n) is 8.72. The molecule has 0 saturated heterocycles. The summed E-state index contributed by atoms with van der Waals surface area (Å²) in [5.41, 5.74) is 2.39. The second-order valence-electron chi connectivity index (χ2n) is 3.61. The van der Waals surface area contributed by atoms with E-state index in [-0.39, 0.29) is 0 Å². The molecule has 0 unspecified atom stereocenters. The Kier molecular flexibility index (Phi) is 3.37. The molecule has 0 aliphatic carbocycles. The second-order valence-corrected chi connectivity index (χ2v) is 4.52. The smallest absolute Gasteiger partial charge is 0.345 e. The van der Waals surface area contributed by atoms with Gasteiger partial charge in [-0.2, -0.15) is 0 Å². The van der Waals surface area contributed by atoms with Crippen LogP contribution in [0, 0.1) is 0 Å². The first-order chi connectivity index (χ1) is 7.75. The normalized spacial score (nSPS) is 10.2. The van der Waals surface area contributed by atoms with E-state index in [4.69, 9.17) is 5.11 Å². The van der Waals surface area contributed by atoms with Crippen LogP contribution in [-0.4, -0.2) is 11.1 Å². The minimum absolute atomic E-state index is 0.420. The third-order valence-electron chi connectivity index (χ3n) is 2.41. The Hall–Kier alpha value is -1.61. The Bertz CT molecular complexity index is 474. The Morgan fingerprint density at radius 3 is 2.44 bits per heavy atom. The Balaban J connectivity index is 1.97. The number of carboxylic acids is 1. The van der Waals surface area contributed by atoms with E-state index in [1.807, 2.05) is 23.6 Å². The predicted molar refractivity (Wildman–Crippen MR) is 65.1 cm³/mol. The van der Waals surface area contributed by atoms with Gasteiger partial charge in [-0.15, -0.1) is 11.3 Å². The molecular weight excluding hydrogens is 220 g/mol. The van der Waals surface area contributed by atoms with Crippen LogP contribution >= 0.6 is 11.3 Å². The number of aryl methyl sites for hydroxylation is 2. The molecule has 0 aliphatic rings. The predicted octanol–water partition coefficient (Wildman–Crippen LogP) is 3.23. The van der Waals surface area contributed by atoms with Crippen LogP contribution < -0.4 is 0 Å². The van der Waals surface area contributed by atoms with Gasteiger partial charge in [0, 0.05) is 0 Å². The fraction of sp³-hybridized carbons (Fsp3) is 0.154. The number of benzene rings is 1. The number of thiophene rings is 1. The van der Waals surface area contributed by atoms with Crippen LogP contribution in [0.5, 0.6) is 0 Å². The van der Waals surface area contributed by atoms with E-state index < -0.39 is 5.97 Å². The standard InChI is InChI=1S/C13H12O2S/c14-13(15)12-8-11(9-16-12)7-6-10-4-2-1-3-5-10/h1-5,8-9H,6-7H2,(H,14,15). The lowest BCUT2D eigenvalue weighted by Gasteiger charge is -1.98. The van der Waals surface area contributed by atoms with Gasteiger partial charge < -0.3 is 5.11 Å². The lowest BCUT2D eigenvalue weighted by atomic mass is 10.1. The van der Waals surface area contributed by atoms with Crippen LogP contribution in [0.4, 0.5) is 0 Å².